The maximum Gasteiger partial charge on any atom is 0.263 e. The van der Waals surface area contributed by atoms with Crippen LogP contribution in [0.25, 0.3) is 0 Å². The summed E-state index contributed by atoms with van der Waals surface area (Å²) >= 11 is 0. The van der Waals surface area contributed by atoms with E-state index in [2.05, 4.69) is 15.4 Å². The fourth-order valence-corrected chi connectivity index (χ4v) is 5.19. The molecule has 1 aliphatic heterocycles. The van der Waals surface area contributed by atoms with Crippen LogP contribution in [0.5, 0.6) is 0 Å². The molecule has 4 rings (SSSR count). The van der Waals surface area contributed by atoms with Crippen LogP contribution < -0.4 is 21.1 Å². The van der Waals surface area contributed by atoms with Crippen LogP contribution in [0.4, 0.5) is 17.1 Å². The number of hydrogen-bond acceptors (Lipinski definition) is 5. The molecule has 34 heavy (non-hydrogen) atoms. The average Bonchev–Trinajstić information content (AvgIpc) is 2.81. The first kappa shape index (κ1) is 23.3. The van der Waals surface area contributed by atoms with Gasteiger partial charge in [0, 0.05) is 17.8 Å². The molecule has 176 valence electrons. The molecule has 6 N–H and O–H groups in total. The first-order valence-corrected chi connectivity index (χ1v) is 12.4. The number of nitrogens with two attached hydrogens (primary N) is 1. The summed E-state index contributed by atoms with van der Waals surface area (Å²) in [6.07, 6.45) is 1.94. The molecule has 1 heterocycles. The van der Waals surface area contributed by atoms with Crippen LogP contribution >= 0.6 is 0 Å². The number of hydrogen-bond donors (Lipinski definition) is 5. The van der Waals surface area contributed by atoms with Gasteiger partial charge < -0.3 is 16.4 Å². The zero-order valence-corrected chi connectivity index (χ0v) is 19.6. The van der Waals surface area contributed by atoms with Crippen molar-refractivity contribution in [2.24, 2.45) is 5.73 Å². The van der Waals surface area contributed by atoms with E-state index in [1.165, 1.54) is 0 Å². The quantitative estimate of drug-likeness (QED) is 0.261. The molecule has 0 atom stereocenters. The smallest absolute Gasteiger partial charge is 0.263 e. The molecule has 1 aliphatic rings. The zero-order chi connectivity index (χ0) is 24.3. The van der Waals surface area contributed by atoms with E-state index >= 15 is 0 Å². The summed E-state index contributed by atoms with van der Waals surface area (Å²) in [5.41, 5.74) is 10.2. The number of amidine groups is 1. The monoisotopic (exact) mass is 477 g/mol. The number of nitrogen functional groups attached to an aromatic ring is 1. The second kappa shape index (κ2) is 9.56. The number of nitrogens with one attached hydrogen (secondary N) is 4. The number of anilines is 3. The van der Waals surface area contributed by atoms with Gasteiger partial charge in [0.15, 0.2) is 0 Å². The van der Waals surface area contributed by atoms with Gasteiger partial charge in [-0.3, -0.25) is 14.9 Å². The van der Waals surface area contributed by atoms with Gasteiger partial charge >= 0.3 is 0 Å². The lowest BCUT2D eigenvalue weighted by Gasteiger charge is -2.21. The van der Waals surface area contributed by atoms with Gasteiger partial charge in [0.05, 0.1) is 17.8 Å². The zero-order valence-electron chi connectivity index (χ0n) is 18.8. The van der Waals surface area contributed by atoms with E-state index < -0.39 is 10.0 Å². The van der Waals surface area contributed by atoms with Crippen molar-refractivity contribution in [3.63, 3.8) is 0 Å². The Morgan fingerprint density at radius 2 is 1.88 bits per heavy atom. The average molecular weight is 478 g/mol. The van der Waals surface area contributed by atoms with Gasteiger partial charge in [-0.1, -0.05) is 42.5 Å². The maximum atomic E-state index is 13.1. The minimum atomic E-state index is -3.83. The molecule has 0 spiro atoms. The Morgan fingerprint density at radius 1 is 1.12 bits per heavy atom. The number of fused-ring (bicyclic) bond motifs is 1. The Morgan fingerprint density at radius 3 is 2.62 bits per heavy atom. The predicted molar refractivity (Wildman–Crippen MR) is 135 cm³/mol. The fraction of sp³-hybridized carbons (Fsp3) is 0.200. The van der Waals surface area contributed by atoms with Gasteiger partial charge in [-0.2, -0.15) is 0 Å². The highest BCUT2D eigenvalue weighted by Crippen LogP contribution is 2.31. The van der Waals surface area contributed by atoms with Crippen molar-refractivity contribution in [1.29, 1.82) is 5.41 Å². The molecular weight excluding hydrogens is 450 g/mol. The molecule has 8 nitrogen and oxygen atoms in total. The molecule has 3 aromatic carbocycles. The topological polar surface area (TPSA) is 137 Å². The van der Waals surface area contributed by atoms with Crippen LogP contribution in [0.2, 0.25) is 0 Å². The van der Waals surface area contributed by atoms with Gasteiger partial charge in [-0.15, -0.1) is 0 Å². The van der Waals surface area contributed by atoms with Crippen LogP contribution in [-0.4, -0.2) is 26.7 Å². The van der Waals surface area contributed by atoms with Crippen molar-refractivity contribution in [1.82, 2.24) is 0 Å². The first-order valence-electron chi connectivity index (χ1n) is 11.0. The van der Waals surface area contributed by atoms with Crippen molar-refractivity contribution in [2.45, 2.75) is 31.1 Å². The molecule has 0 aromatic heterocycles. The Balaban J connectivity index is 1.50. The van der Waals surface area contributed by atoms with Crippen LogP contribution in [-0.2, 0) is 27.7 Å². The van der Waals surface area contributed by atoms with E-state index in [0.29, 0.717) is 22.6 Å². The van der Waals surface area contributed by atoms with E-state index in [0.717, 1.165) is 36.1 Å². The lowest BCUT2D eigenvalue weighted by Crippen LogP contribution is -2.20. The number of aryl methyl sites for hydroxylation is 2. The van der Waals surface area contributed by atoms with E-state index in [1.54, 1.807) is 54.6 Å². The molecule has 3 aromatic rings. The number of carbonyl (C=O) groups excluding carboxylic acids is 1. The van der Waals surface area contributed by atoms with E-state index in [9.17, 15) is 13.2 Å². The van der Waals surface area contributed by atoms with Crippen molar-refractivity contribution in [3.05, 3.63) is 82.9 Å². The molecule has 0 saturated carbocycles. The number of carbonyl (C=O) groups is 1. The van der Waals surface area contributed by atoms with Crippen molar-refractivity contribution < 1.29 is 13.2 Å². The van der Waals surface area contributed by atoms with Crippen LogP contribution in [0, 0.1) is 12.3 Å². The second-order valence-electron chi connectivity index (χ2n) is 8.29. The van der Waals surface area contributed by atoms with E-state index in [4.69, 9.17) is 11.1 Å². The van der Waals surface area contributed by atoms with E-state index in [-0.39, 0.29) is 23.1 Å². The molecule has 0 radical (unpaired) electrons. The van der Waals surface area contributed by atoms with Crippen LogP contribution in [0.15, 0.2) is 65.6 Å². The number of benzene rings is 3. The molecular formula is C25H27N5O3S. The molecule has 0 bridgehead atoms. The third-order valence-corrected chi connectivity index (χ3v) is 7.14. The third-order valence-electron chi connectivity index (χ3n) is 5.72. The van der Waals surface area contributed by atoms with Gasteiger partial charge in [-0.25, -0.2) is 8.42 Å². The lowest BCUT2D eigenvalue weighted by molar-refractivity contribution is -0.115. The highest BCUT2D eigenvalue weighted by molar-refractivity contribution is 7.92. The summed E-state index contributed by atoms with van der Waals surface area (Å²) in [7, 11) is -3.83. The Hall–Kier alpha value is -3.85. The molecule has 1 amide bonds. The number of rotatable bonds is 7. The van der Waals surface area contributed by atoms with Crippen LogP contribution in [0.3, 0.4) is 0 Å². The van der Waals surface area contributed by atoms with Crippen molar-refractivity contribution in [2.75, 3.05) is 21.9 Å². The minimum absolute atomic E-state index is 0.0299. The number of amides is 1. The Kier molecular flexibility index (Phi) is 6.56. The molecule has 9 heteroatoms. The normalized spacial score (nSPS) is 12.9. The van der Waals surface area contributed by atoms with Gasteiger partial charge in [-0.05, 0) is 54.7 Å². The molecule has 0 aliphatic carbocycles. The standard InChI is InChI=1S/C25H27N5O3S/c1-16-7-12-20(30-34(32,33)22-6-2-4-18-5-3-13-28-24(18)22)15-21(16)29-23(31)14-17-8-10-19(11-9-17)25(26)27/h2,4,6-12,15,28,30H,3,5,13-14H2,1H3,(H3,26,27)(H,29,31). The summed E-state index contributed by atoms with van der Waals surface area (Å²) in [5.74, 6) is -0.266. The Bertz CT molecular complexity index is 1350. The van der Waals surface area contributed by atoms with Gasteiger partial charge in [0.1, 0.15) is 10.7 Å². The molecule has 0 unspecified atom stereocenters. The largest absolute Gasteiger partial charge is 0.384 e. The van der Waals surface area contributed by atoms with E-state index in [1.807, 2.05) is 13.0 Å². The van der Waals surface area contributed by atoms with Crippen molar-refractivity contribution in [3.8, 4) is 0 Å². The minimum Gasteiger partial charge on any atom is -0.384 e. The second-order valence-corrected chi connectivity index (χ2v) is 9.94. The van der Waals surface area contributed by atoms with Gasteiger partial charge in [0.2, 0.25) is 5.91 Å². The lowest BCUT2D eigenvalue weighted by atomic mass is 10.0. The summed E-state index contributed by atoms with van der Waals surface area (Å²) in [6.45, 7) is 2.57. The predicted octanol–water partition coefficient (Wildman–Crippen LogP) is 3.62. The van der Waals surface area contributed by atoms with Crippen LogP contribution in [0.1, 0.15) is 28.7 Å². The third kappa shape index (κ3) is 5.20. The SMILES string of the molecule is Cc1ccc(NS(=O)(=O)c2cccc3c2NCCC3)cc1NC(=O)Cc1ccc(C(=N)N)cc1. The summed E-state index contributed by atoms with van der Waals surface area (Å²) in [5, 5.41) is 13.5. The maximum absolute atomic E-state index is 13.1. The fourth-order valence-electron chi connectivity index (χ4n) is 3.91. The highest BCUT2D eigenvalue weighted by atomic mass is 32.2. The first-order chi connectivity index (χ1) is 16.2. The highest BCUT2D eigenvalue weighted by Gasteiger charge is 2.23. The summed E-state index contributed by atoms with van der Waals surface area (Å²) in [4.78, 5) is 12.8. The molecule has 0 saturated heterocycles. The summed E-state index contributed by atoms with van der Waals surface area (Å²) in [6, 6.07) is 17.2. The molecule has 0 fully saturated rings. The van der Waals surface area contributed by atoms with Gasteiger partial charge in [0.25, 0.3) is 10.0 Å². The summed E-state index contributed by atoms with van der Waals surface area (Å²) < 4.78 is 28.9. The number of para-hydroxylation sites is 1. The number of sulfonamides is 1. The van der Waals surface area contributed by atoms with Crippen molar-refractivity contribution >= 4 is 38.8 Å². The Labute approximate surface area is 199 Å².